The molecule has 0 amide bonds. The second kappa shape index (κ2) is 11.9. The van der Waals surface area contributed by atoms with Gasteiger partial charge < -0.3 is 35.5 Å². The van der Waals surface area contributed by atoms with Gasteiger partial charge in [-0.2, -0.15) is 0 Å². The molecule has 71 valence electrons. The quantitative estimate of drug-likeness (QED) is 0.234. The number of thiol groups is 1. The number of hydrogen-bond acceptors (Lipinski definition) is 3. The summed E-state index contributed by atoms with van der Waals surface area (Å²) in [6.07, 6.45) is 0. The van der Waals surface area contributed by atoms with Gasteiger partial charge in [0.2, 0.25) is 0 Å². The van der Waals surface area contributed by atoms with E-state index in [0.29, 0.717) is 21.7 Å². The molecule has 0 saturated heterocycles. The topological polar surface area (TPSA) is 24.1 Å². The Hall–Kier alpha value is 0.869. The fourth-order valence-corrected chi connectivity index (χ4v) is 0.752. The van der Waals surface area contributed by atoms with Crippen LogP contribution < -0.4 is 10.6 Å². The summed E-state index contributed by atoms with van der Waals surface area (Å²) in [7, 11) is 0. The van der Waals surface area contributed by atoms with Crippen molar-refractivity contribution in [2.75, 3.05) is 13.1 Å². The molecule has 1 radical (unpaired) electrons. The van der Waals surface area contributed by atoms with Crippen molar-refractivity contribution in [3.8, 4) is 0 Å². The fourth-order valence-electron chi connectivity index (χ4n) is 0.334. The Kier molecular flexibility index (Phi) is 18.4. The summed E-state index contributed by atoms with van der Waals surface area (Å²) >= 11 is 17.7. The van der Waals surface area contributed by atoms with Crippen LogP contribution in [0, 0.1) is 0 Å². The van der Waals surface area contributed by atoms with Crippen LogP contribution in [-0.2, 0) is 29.7 Å². The largest absolute Gasteiger partial charge is 2.00 e. The second-order valence-electron chi connectivity index (χ2n) is 1.45. The summed E-state index contributed by atoms with van der Waals surface area (Å²) in [5.74, 6) is 0. The maximum atomic E-state index is 4.64. The van der Waals surface area contributed by atoms with Crippen LogP contribution in [0.25, 0.3) is 0 Å². The molecule has 0 aromatic rings. The van der Waals surface area contributed by atoms with Gasteiger partial charge in [0.05, 0.1) is 0 Å². The van der Waals surface area contributed by atoms with Gasteiger partial charge in [-0.15, -0.1) is 12.6 Å². The minimum absolute atomic E-state index is 0. The van der Waals surface area contributed by atoms with Crippen LogP contribution in [0.5, 0.6) is 0 Å². The summed E-state index contributed by atoms with van der Waals surface area (Å²) in [6, 6.07) is 0. The second-order valence-corrected chi connectivity index (χ2v) is 3.68. The van der Waals surface area contributed by atoms with E-state index in [9.17, 15) is 0 Å². The molecule has 0 aromatic heterocycles. The van der Waals surface area contributed by atoms with Gasteiger partial charge in [0.25, 0.3) is 0 Å². The first-order valence-corrected chi connectivity index (χ1v) is 4.22. The Morgan fingerprint density at radius 1 is 1.25 bits per heavy atom. The summed E-state index contributed by atoms with van der Waals surface area (Å²) < 4.78 is 0.865. The summed E-state index contributed by atoms with van der Waals surface area (Å²) in [4.78, 5) is 0. The predicted octanol–water partition coefficient (Wildman–Crippen LogP) is 0.846. The molecule has 12 heavy (non-hydrogen) atoms. The van der Waals surface area contributed by atoms with Gasteiger partial charge in [0, 0.05) is 13.1 Å². The normalized spacial score (nSPS) is 7.08. The summed E-state index contributed by atoms with van der Waals surface area (Å²) in [6.45, 7) is 1.38. The van der Waals surface area contributed by atoms with Crippen molar-refractivity contribution in [2.24, 2.45) is 0 Å². The van der Waals surface area contributed by atoms with Gasteiger partial charge in [-0.3, -0.25) is 0 Å². The van der Waals surface area contributed by atoms with E-state index in [1.165, 1.54) is 0 Å². The van der Waals surface area contributed by atoms with Crippen LogP contribution in [0.15, 0.2) is 0 Å². The van der Waals surface area contributed by atoms with E-state index in [2.05, 4.69) is 60.3 Å². The third-order valence-corrected chi connectivity index (χ3v) is 1.26. The molecule has 0 aliphatic heterocycles. The smallest absolute Gasteiger partial charge is 0.412 e. The van der Waals surface area contributed by atoms with E-state index >= 15 is 0 Å². The van der Waals surface area contributed by atoms with Gasteiger partial charge in [-0.05, 0) is 0 Å². The van der Waals surface area contributed by atoms with Crippen LogP contribution in [0.3, 0.4) is 0 Å². The zero-order valence-corrected chi connectivity index (χ0v) is 9.99. The van der Waals surface area contributed by atoms with Crippen LogP contribution in [0.4, 0.5) is 0 Å². The van der Waals surface area contributed by atoms with Gasteiger partial charge in [0.15, 0.2) is 0 Å². The third kappa shape index (κ3) is 17.1. The zero-order chi connectivity index (χ0) is 7.98. The van der Waals surface area contributed by atoms with E-state index in [-0.39, 0.29) is 24.5 Å². The van der Waals surface area contributed by atoms with Gasteiger partial charge in [0.1, 0.15) is 4.32 Å². The Balaban J connectivity index is -0.000000405. The SMILES string of the molecule is C.S=C([S-])NCCNC(=S)S.[Mn+2]. The minimum atomic E-state index is 0. The molecule has 7 heteroatoms. The van der Waals surface area contributed by atoms with Crippen LogP contribution in [0.2, 0.25) is 0 Å². The van der Waals surface area contributed by atoms with Crippen molar-refractivity contribution in [2.45, 2.75) is 7.43 Å². The van der Waals surface area contributed by atoms with Crippen molar-refractivity contribution >= 4 is 58.3 Å². The Morgan fingerprint density at radius 3 is 2.00 bits per heavy atom. The third-order valence-electron chi connectivity index (χ3n) is 0.671. The first-order chi connectivity index (χ1) is 4.63. The first kappa shape index (κ1) is 18.6. The van der Waals surface area contributed by atoms with E-state index in [1.54, 1.807) is 0 Å². The molecule has 2 nitrogen and oxygen atoms in total. The average molecular weight is 282 g/mol. The standard InChI is InChI=1S/C4H8N2S4.CH4.Mn/c7-3(8)5-1-2-6-4(9)10;;/h1-2H2,(H2,5,7,8)(H2,6,9,10);1H4;/q;;+2/p-1. The molecule has 0 aliphatic carbocycles. The summed E-state index contributed by atoms with van der Waals surface area (Å²) in [5, 5.41) is 5.62. The van der Waals surface area contributed by atoms with E-state index in [4.69, 9.17) is 0 Å². The molecule has 0 bridgehead atoms. The molecule has 0 fully saturated rings. The molecular formula is C5H11MnN2S4+. The van der Waals surface area contributed by atoms with Crippen LogP contribution in [0.1, 0.15) is 7.43 Å². The Bertz CT molecular complexity index is 125. The van der Waals surface area contributed by atoms with E-state index in [0.717, 1.165) is 0 Å². The predicted molar refractivity (Wildman–Crippen MR) is 64.3 cm³/mol. The molecule has 0 aromatic carbocycles. The monoisotopic (exact) mass is 282 g/mol. The van der Waals surface area contributed by atoms with Crippen molar-refractivity contribution in [3.05, 3.63) is 0 Å². The first-order valence-electron chi connectivity index (χ1n) is 2.54. The maximum Gasteiger partial charge on any atom is 2.00 e. The van der Waals surface area contributed by atoms with Crippen molar-refractivity contribution in [3.63, 3.8) is 0 Å². The zero-order valence-electron chi connectivity index (χ0n) is 5.46. The minimum Gasteiger partial charge on any atom is -0.412 e. The molecule has 0 heterocycles. The van der Waals surface area contributed by atoms with Crippen molar-refractivity contribution < 1.29 is 17.1 Å². The number of rotatable bonds is 3. The van der Waals surface area contributed by atoms with Crippen molar-refractivity contribution in [1.82, 2.24) is 10.6 Å². The molecule has 0 rings (SSSR count). The maximum absolute atomic E-state index is 4.64. The number of thiocarbonyl (C=S) groups is 2. The van der Waals surface area contributed by atoms with Gasteiger partial charge >= 0.3 is 17.1 Å². The fraction of sp³-hybridized carbons (Fsp3) is 0.600. The molecule has 0 aliphatic rings. The molecule has 0 atom stereocenters. The number of nitrogens with one attached hydrogen (secondary N) is 2. The molecule has 0 unspecified atom stereocenters. The van der Waals surface area contributed by atoms with Crippen LogP contribution >= 0.6 is 37.1 Å². The van der Waals surface area contributed by atoms with Gasteiger partial charge in [-0.25, -0.2) is 0 Å². The molecular weight excluding hydrogens is 271 g/mol. The van der Waals surface area contributed by atoms with Crippen LogP contribution in [-0.4, -0.2) is 21.7 Å². The number of hydrogen-bond donors (Lipinski definition) is 3. The van der Waals surface area contributed by atoms with Gasteiger partial charge in [-0.1, -0.05) is 24.0 Å². The molecule has 2 N–H and O–H groups in total. The van der Waals surface area contributed by atoms with E-state index in [1.807, 2.05) is 0 Å². The summed E-state index contributed by atoms with van der Waals surface area (Å²) in [5.41, 5.74) is 0. The Labute approximate surface area is 106 Å². The molecule has 0 spiro atoms. The molecule has 0 saturated carbocycles. The Morgan fingerprint density at radius 2 is 1.67 bits per heavy atom. The van der Waals surface area contributed by atoms with E-state index < -0.39 is 0 Å². The van der Waals surface area contributed by atoms with Crippen molar-refractivity contribution in [1.29, 1.82) is 0 Å². The average Bonchev–Trinajstić information content (AvgIpc) is 1.79.